The Balaban J connectivity index is 2.15. The fourth-order valence-corrected chi connectivity index (χ4v) is 4.41. The molecule has 0 bridgehead atoms. The summed E-state index contributed by atoms with van der Waals surface area (Å²) in [6.07, 6.45) is 0.908. The third kappa shape index (κ3) is 4.29. The highest BCUT2D eigenvalue weighted by atomic mass is 16.5. The number of carbonyl (C=O) groups excluding carboxylic acids is 3. The number of methoxy groups -OCH3 is 2. The van der Waals surface area contributed by atoms with Crippen LogP contribution in [0.1, 0.15) is 52.0 Å². The predicted octanol–water partition coefficient (Wildman–Crippen LogP) is 3.65. The van der Waals surface area contributed by atoms with Crippen molar-refractivity contribution >= 4 is 17.7 Å². The maximum absolute atomic E-state index is 13.6. The Bertz CT molecular complexity index is 975. The van der Waals surface area contributed by atoms with Crippen molar-refractivity contribution in [2.24, 2.45) is 11.8 Å². The van der Waals surface area contributed by atoms with Crippen molar-refractivity contribution in [2.45, 2.75) is 52.6 Å². The lowest BCUT2D eigenvalue weighted by molar-refractivity contribution is -0.151. The van der Waals surface area contributed by atoms with Gasteiger partial charge < -0.3 is 19.5 Å². The monoisotopic (exact) mass is 441 g/mol. The second kappa shape index (κ2) is 9.59. The Morgan fingerprint density at radius 3 is 2.41 bits per heavy atom. The second-order valence-electron chi connectivity index (χ2n) is 8.43. The highest BCUT2D eigenvalue weighted by Crippen LogP contribution is 2.45. The fraction of sp³-hybridized carbons (Fsp3) is 0.480. The van der Waals surface area contributed by atoms with Crippen LogP contribution >= 0.6 is 0 Å². The molecule has 7 nitrogen and oxygen atoms in total. The minimum absolute atomic E-state index is 0.223. The quantitative estimate of drug-likeness (QED) is 0.532. The van der Waals surface area contributed by atoms with Crippen LogP contribution in [-0.4, -0.2) is 38.0 Å². The molecule has 32 heavy (non-hydrogen) atoms. The first-order valence-corrected chi connectivity index (χ1v) is 10.9. The van der Waals surface area contributed by atoms with Crippen LogP contribution in [-0.2, 0) is 23.9 Å². The van der Waals surface area contributed by atoms with Gasteiger partial charge in [-0.25, -0.2) is 4.79 Å². The van der Waals surface area contributed by atoms with E-state index in [9.17, 15) is 14.4 Å². The van der Waals surface area contributed by atoms with Crippen LogP contribution in [0.25, 0.3) is 0 Å². The van der Waals surface area contributed by atoms with E-state index in [1.54, 1.807) is 19.2 Å². The molecule has 0 saturated heterocycles. The molecule has 1 heterocycles. The lowest BCUT2D eigenvalue weighted by Crippen LogP contribution is -2.43. The van der Waals surface area contributed by atoms with Gasteiger partial charge in [-0.3, -0.25) is 9.59 Å². The lowest BCUT2D eigenvalue weighted by atomic mass is 9.69. The van der Waals surface area contributed by atoms with Gasteiger partial charge in [-0.2, -0.15) is 0 Å². The van der Waals surface area contributed by atoms with Gasteiger partial charge in [0.15, 0.2) is 5.78 Å². The number of hydrogen-bond donors (Lipinski definition) is 1. The normalized spacial score (nSPS) is 23.8. The Labute approximate surface area is 188 Å². The number of ether oxygens (including phenoxy) is 3. The van der Waals surface area contributed by atoms with Crippen molar-refractivity contribution < 1.29 is 28.6 Å². The molecular weight excluding hydrogens is 410 g/mol. The molecule has 1 aliphatic heterocycles. The molecule has 3 rings (SSSR count). The highest BCUT2D eigenvalue weighted by Gasteiger charge is 2.47. The summed E-state index contributed by atoms with van der Waals surface area (Å²) in [6.45, 7) is 7.44. The maximum atomic E-state index is 13.6. The maximum Gasteiger partial charge on any atom is 0.337 e. The van der Waals surface area contributed by atoms with Crippen LogP contribution in [0.5, 0.6) is 5.75 Å². The zero-order chi connectivity index (χ0) is 23.6. The SMILES string of the molecule is CC[C@@H](C)OC(=O)C1=C(C)NC2=C(C(=O)[C@H](C(=O)OC)[C@@H](C)C2)[C@@H]1c1ccc(OC)cc1. The first-order valence-electron chi connectivity index (χ1n) is 10.9. The first-order chi connectivity index (χ1) is 15.2. The summed E-state index contributed by atoms with van der Waals surface area (Å²) in [5, 5.41) is 3.26. The van der Waals surface area contributed by atoms with E-state index in [2.05, 4.69) is 5.32 Å². The van der Waals surface area contributed by atoms with Gasteiger partial charge in [-0.05, 0) is 50.3 Å². The van der Waals surface area contributed by atoms with Crippen molar-refractivity contribution in [3.8, 4) is 5.75 Å². The van der Waals surface area contributed by atoms with Gasteiger partial charge >= 0.3 is 11.9 Å². The number of benzene rings is 1. The summed E-state index contributed by atoms with van der Waals surface area (Å²) in [7, 11) is 2.86. The summed E-state index contributed by atoms with van der Waals surface area (Å²) in [5.41, 5.74) is 2.93. The summed E-state index contributed by atoms with van der Waals surface area (Å²) < 4.78 is 15.8. The molecule has 0 saturated carbocycles. The largest absolute Gasteiger partial charge is 0.497 e. The van der Waals surface area contributed by atoms with Crippen molar-refractivity contribution in [1.82, 2.24) is 5.32 Å². The van der Waals surface area contributed by atoms with E-state index in [1.807, 2.05) is 39.8 Å². The van der Waals surface area contributed by atoms with Crippen LogP contribution < -0.4 is 10.1 Å². The minimum Gasteiger partial charge on any atom is -0.497 e. The number of rotatable bonds is 6. The average molecular weight is 442 g/mol. The van der Waals surface area contributed by atoms with Crippen LogP contribution in [0.15, 0.2) is 46.8 Å². The standard InChI is InChI=1S/C25H31NO6/c1-7-14(3)32-25(29)20-15(4)26-18-12-13(2)19(24(28)31-6)23(27)22(18)21(20)16-8-10-17(30-5)11-9-16/h8-11,13-14,19,21,26H,7,12H2,1-6H3/t13-,14+,19+,21+/m0/s1. The molecule has 7 heteroatoms. The third-order valence-corrected chi connectivity index (χ3v) is 6.30. The smallest absolute Gasteiger partial charge is 0.337 e. The molecule has 172 valence electrons. The molecule has 4 atom stereocenters. The lowest BCUT2D eigenvalue weighted by Gasteiger charge is -2.38. The van der Waals surface area contributed by atoms with E-state index in [1.165, 1.54) is 7.11 Å². The van der Waals surface area contributed by atoms with Gasteiger partial charge in [0.2, 0.25) is 0 Å². The van der Waals surface area contributed by atoms with Crippen molar-refractivity contribution in [2.75, 3.05) is 14.2 Å². The van der Waals surface area contributed by atoms with Gasteiger partial charge in [-0.15, -0.1) is 0 Å². The highest BCUT2D eigenvalue weighted by molar-refractivity contribution is 6.12. The van der Waals surface area contributed by atoms with Crippen LogP contribution in [0.4, 0.5) is 0 Å². The molecule has 1 aliphatic carbocycles. The topological polar surface area (TPSA) is 90.9 Å². The molecule has 0 amide bonds. The first kappa shape index (κ1) is 23.6. The zero-order valence-electron chi connectivity index (χ0n) is 19.5. The van der Waals surface area contributed by atoms with Crippen LogP contribution in [0.3, 0.4) is 0 Å². The molecule has 0 unspecified atom stereocenters. The van der Waals surface area contributed by atoms with E-state index in [0.29, 0.717) is 35.4 Å². The Morgan fingerprint density at radius 2 is 1.84 bits per heavy atom. The number of nitrogens with one attached hydrogen (secondary N) is 1. The van der Waals surface area contributed by atoms with Crippen LogP contribution in [0, 0.1) is 11.8 Å². The summed E-state index contributed by atoms with van der Waals surface area (Å²) >= 11 is 0. The van der Waals surface area contributed by atoms with Crippen molar-refractivity contribution in [3.63, 3.8) is 0 Å². The number of carbonyl (C=O) groups is 3. The second-order valence-corrected chi connectivity index (χ2v) is 8.43. The van der Waals surface area contributed by atoms with Gasteiger partial charge in [0, 0.05) is 22.9 Å². The van der Waals surface area contributed by atoms with E-state index in [0.717, 1.165) is 11.3 Å². The number of hydrogen-bond acceptors (Lipinski definition) is 7. The number of Topliss-reactive ketones (excluding diaryl/α,β-unsaturated/α-hetero) is 1. The van der Waals surface area contributed by atoms with E-state index < -0.39 is 23.8 Å². The van der Waals surface area contributed by atoms with Gasteiger partial charge in [-0.1, -0.05) is 26.0 Å². The fourth-order valence-electron chi connectivity index (χ4n) is 4.41. The van der Waals surface area contributed by atoms with E-state index >= 15 is 0 Å². The van der Waals surface area contributed by atoms with Gasteiger partial charge in [0.1, 0.15) is 11.7 Å². The summed E-state index contributed by atoms with van der Waals surface area (Å²) in [6, 6.07) is 7.25. The van der Waals surface area contributed by atoms with Gasteiger partial charge in [0.25, 0.3) is 0 Å². The van der Waals surface area contributed by atoms with E-state index in [4.69, 9.17) is 14.2 Å². The van der Waals surface area contributed by atoms with E-state index in [-0.39, 0.29) is 17.8 Å². The Kier molecular flexibility index (Phi) is 7.06. The summed E-state index contributed by atoms with van der Waals surface area (Å²) in [5.74, 6) is -2.47. The Hall–Kier alpha value is -3.09. The number of dihydropyridines is 1. The molecule has 2 aliphatic rings. The molecule has 1 N–H and O–H groups in total. The molecule has 0 aromatic heterocycles. The number of esters is 2. The summed E-state index contributed by atoms with van der Waals surface area (Å²) in [4.78, 5) is 39.3. The number of allylic oxidation sites excluding steroid dienone is 3. The molecule has 0 spiro atoms. The molecular formula is C25H31NO6. The third-order valence-electron chi connectivity index (χ3n) is 6.30. The molecule has 1 aromatic rings. The van der Waals surface area contributed by atoms with Crippen molar-refractivity contribution in [3.05, 3.63) is 52.4 Å². The predicted molar refractivity (Wildman–Crippen MR) is 119 cm³/mol. The average Bonchev–Trinajstić information content (AvgIpc) is 2.77. The molecule has 1 aromatic carbocycles. The zero-order valence-corrected chi connectivity index (χ0v) is 19.5. The molecule has 0 fully saturated rings. The Morgan fingerprint density at radius 1 is 1.19 bits per heavy atom. The minimum atomic E-state index is -0.911. The van der Waals surface area contributed by atoms with Gasteiger partial charge in [0.05, 0.1) is 25.9 Å². The molecule has 0 radical (unpaired) electrons. The van der Waals surface area contributed by atoms with Crippen LogP contribution in [0.2, 0.25) is 0 Å². The number of ketones is 1. The van der Waals surface area contributed by atoms with Crippen molar-refractivity contribution in [1.29, 1.82) is 0 Å².